The van der Waals surface area contributed by atoms with Gasteiger partial charge in [0.25, 0.3) is 5.01 Å². The lowest BCUT2D eigenvalue weighted by Gasteiger charge is -2.17. The van der Waals surface area contributed by atoms with Gasteiger partial charge in [0.05, 0.1) is 23.9 Å². The summed E-state index contributed by atoms with van der Waals surface area (Å²) in [6, 6.07) is 19.5. The zero-order chi connectivity index (χ0) is 20.0. The van der Waals surface area contributed by atoms with E-state index in [1.54, 1.807) is 7.11 Å². The lowest BCUT2D eigenvalue weighted by atomic mass is 10.1. The van der Waals surface area contributed by atoms with Crippen LogP contribution in [0.5, 0.6) is 5.75 Å². The number of fused-ring (bicyclic) bond motifs is 4. The summed E-state index contributed by atoms with van der Waals surface area (Å²) in [5, 5.41) is 5.20. The number of hydrogen-bond donors (Lipinski definition) is 0. The van der Waals surface area contributed by atoms with Crippen molar-refractivity contribution in [3.05, 3.63) is 64.6 Å². The molecule has 154 valence electrons. The molecule has 3 aromatic carbocycles. The summed E-state index contributed by atoms with van der Waals surface area (Å²) in [6.07, 6.45) is 2.35. The van der Waals surface area contributed by atoms with Crippen molar-refractivity contribution in [2.45, 2.75) is 25.3 Å². The van der Waals surface area contributed by atoms with Gasteiger partial charge in [-0.2, -0.15) is 4.57 Å². The van der Waals surface area contributed by atoms with Gasteiger partial charge in [0.15, 0.2) is 0 Å². The number of anilines is 1. The van der Waals surface area contributed by atoms with Gasteiger partial charge in [-0.05, 0) is 37.4 Å². The number of methoxy groups -OCH3 is 1. The van der Waals surface area contributed by atoms with E-state index in [0.717, 1.165) is 18.8 Å². The van der Waals surface area contributed by atoms with Crippen molar-refractivity contribution in [2.75, 3.05) is 18.6 Å². The molecule has 0 amide bonds. The highest BCUT2D eigenvalue weighted by molar-refractivity contribution is 14.0. The Bertz CT molecular complexity index is 1270. The molecule has 5 rings (SSSR count). The largest absolute Gasteiger partial charge is 0.497 e. The summed E-state index contributed by atoms with van der Waals surface area (Å²) in [5.74, 6) is 0.904. The van der Waals surface area contributed by atoms with Gasteiger partial charge in [-0.3, -0.25) is 0 Å². The Morgan fingerprint density at radius 2 is 1.90 bits per heavy atom. The Morgan fingerprint density at radius 1 is 1.07 bits per heavy atom. The molecule has 2 heterocycles. The van der Waals surface area contributed by atoms with E-state index in [9.17, 15) is 0 Å². The summed E-state index contributed by atoms with van der Waals surface area (Å²) >= 11 is 3.73. The molecular formula is C24H24IN2OS2+. The molecule has 0 N–H and O–H groups in total. The van der Waals surface area contributed by atoms with E-state index < -0.39 is 0 Å². The third kappa shape index (κ3) is 3.48. The molecule has 30 heavy (non-hydrogen) atoms. The van der Waals surface area contributed by atoms with E-state index in [0.29, 0.717) is 0 Å². The van der Waals surface area contributed by atoms with Crippen molar-refractivity contribution >= 4 is 79.8 Å². The SMILES string of the molecule is CCN1/C(=C\c2sc3c4ccccc4ccc3[n+]2CC)Sc2ccc(OC)cc21.I. The molecule has 0 atom stereocenters. The first-order valence-electron chi connectivity index (χ1n) is 9.92. The minimum Gasteiger partial charge on any atom is -0.497 e. The molecule has 0 unspecified atom stereocenters. The van der Waals surface area contributed by atoms with Crippen LogP contribution >= 0.6 is 47.1 Å². The Morgan fingerprint density at radius 3 is 2.67 bits per heavy atom. The van der Waals surface area contributed by atoms with Crippen LogP contribution in [-0.2, 0) is 6.54 Å². The number of ether oxygens (including phenoxy) is 1. The molecule has 6 heteroatoms. The predicted molar refractivity (Wildman–Crippen MR) is 140 cm³/mol. The monoisotopic (exact) mass is 547 g/mol. The molecule has 0 spiro atoms. The number of aryl methyl sites for hydroxylation is 1. The second-order valence-electron chi connectivity index (χ2n) is 6.98. The lowest BCUT2D eigenvalue weighted by molar-refractivity contribution is -0.665. The van der Waals surface area contributed by atoms with Crippen molar-refractivity contribution < 1.29 is 9.30 Å². The molecule has 0 saturated carbocycles. The number of benzene rings is 3. The standard InChI is InChI=1S/C24H23N2OS2.HI/c1-4-25-19-12-10-16-8-6-7-9-18(16)24(19)29-23(25)15-22-26(5-2)20-14-17(27-3)11-13-21(20)28-22;/h6-15H,4-5H2,1-3H3;1H/q+1;. The van der Waals surface area contributed by atoms with Crippen molar-refractivity contribution in [1.82, 2.24) is 0 Å². The number of rotatable bonds is 4. The van der Waals surface area contributed by atoms with Crippen LogP contribution in [0.2, 0.25) is 0 Å². The Hall–Kier alpha value is -1.77. The van der Waals surface area contributed by atoms with Crippen LogP contribution < -0.4 is 14.2 Å². The molecule has 0 aliphatic carbocycles. The smallest absolute Gasteiger partial charge is 0.265 e. The van der Waals surface area contributed by atoms with Crippen molar-refractivity contribution in [3.63, 3.8) is 0 Å². The molecule has 1 aromatic heterocycles. The highest BCUT2D eigenvalue weighted by Gasteiger charge is 2.27. The van der Waals surface area contributed by atoms with Crippen molar-refractivity contribution in [1.29, 1.82) is 0 Å². The number of nitrogens with zero attached hydrogens (tertiary/aromatic N) is 2. The zero-order valence-electron chi connectivity index (χ0n) is 17.2. The Labute approximate surface area is 202 Å². The highest BCUT2D eigenvalue weighted by atomic mass is 127. The molecule has 4 aromatic rings. The zero-order valence-corrected chi connectivity index (χ0v) is 21.2. The van der Waals surface area contributed by atoms with Gasteiger partial charge >= 0.3 is 0 Å². The van der Waals surface area contributed by atoms with E-state index in [2.05, 4.69) is 77.9 Å². The molecular weight excluding hydrogens is 523 g/mol. The molecule has 0 bridgehead atoms. The average molecular weight is 548 g/mol. The maximum atomic E-state index is 5.45. The van der Waals surface area contributed by atoms with E-state index >= 15 is 0 Å². The molecule has 1 aliphatic rings. The third-order valence-electron chi connectivity index (χ3n) is 5.44. The molecule has 3 nitrogen and oxygen atoms in total. The van der Waals surface area contributed by atoms with E-state index in [1.165, 1.54) is 41.6 Å². The van der Waals surface area contributed by atoms with Gasteiger partial charge in [-0.15, -0.1) is 24.0 Å². The number of aromatic nitrogens is 1. The second kappa shape index (κ2) is 8.77. The maximum absolute atomic E-state index is 5.45. The summed E-state index contributed by atoms with van der Waals surface area (Å²) in [6.45, 7) is 6.31. The number of hydrogen-bond acceptors (Lipinski definition) is 4. The Balaban J connectivity index is 0.00000218. The van der Waals surface area contributed by atoms with Gasteiger partial charge in [0.1, 0.15) is 17.0 Å². The average Bonchev–Trinajstić information content (AvgIpc) is 3.30. The summed E-state index contributed by atoms with van der Waals surface area (Å²) in [5.41, 5.74) is 2.55. The topological polar surface area (TPSA) is 16.4 Å². The number of thioether (sulfide) groups is 1. The first-order valence-corrected chi connectivity index (χ1v) is 11.6. The van der Waals surface area contributed by atoms with E-state index in [4.69, 9.17) is 4.74 Å². The molecule has 0 saturated heterocycles. The minimum atomic E-state index is 0. The fourth-order valence-electron chi connectivity index (χ4n) is 4.01. The number of thiazole rings is 1. The summed E-state index contributed by atoms with van der Waals surface area (Å²) in [4.78, 5) is 3.67. The molecule has 0 fully saturated rings. The molecule has 0 radical (unpaired) electrons. The van der Waals surface area contributed by atoms with Gasteiger partial charge < -0.3 is 9.64 Å². The normalized spacial score (nSPS) is 14.4. The van der Waals surface area contributed by atoms with Crippen LogP contribution in [-0.4, -0.2) is 13.7 Å². The lowest BCUT2D eigenvalue weighted by Crippen LogP contribution is -2.33. The summed E-state index contributed by atoms with van der Waals surface area (Å²) < 4.78 is 9.24. The quantitative estimate of drug-likeness (QED) is 0.204. The van der Waals surface area contributed by atoms with Crippen LogP contribution in [0.3, 0.4) is 0 Å². The highest BCUT2D eigenvalue weighted by Crippen LogP contribution is 2.48. The van der Waals surface area contributed by atoms with Gasteiger partial charge in [-0.25, -0.2) is 0 Å². The molecule has 1 aliphatic heterocycles. The summed E-state index contributed by atoms with van der Waals surface area (Å²) in [7, 11) is 1.72. The fraction of sp³-hybridized carbons (Fsp3) is 0.208. The van der Waals surface area contributed by atoms with E-state index in [-0.39, 0.29) is 24.0 Å². The van der Waals surface area contributed by atoms with Crippen LogP contribution in [0.4, 0.5) is 5.69 Å². The van der Waals surface area contributed by atoms with Crippen LogP contribution in [0.15, 0.2) is 64.5 Å². The van der Waals surface area contributed by atoms with Crippen LogP contribution in [0, 0.1) is 0 Å². The van der Waals surface area contributed by atoms with Gasteiger partial charge in [-0.1, -0.05) is 47.4 Å². The van der Waals surface area contributed by atoms with Crippen LogP contribution in [0.1, 0.15) is 18.9 Å². The minimum absolute atomic E-state index is 0. The fourth-order valence-corrected chi connectivity index (χ4v) is 6.52. The maximum Gasteiger partial charge on any atom is 0.265 e. The van der Waals surface area contributed by atoms with Crippen LogP contribution in [0.25, 0.3) is 27.1 Å². The van der Waals surface area contributed by atoms with Crippen molar-refractivity contribution in [3.8, 4) is 5.75 Å². The number of halogens is 1. The Kier molecular flexibility index (Phi) is 6.27. The second-order valence-corrected chi connectivity index (χ2v) is 9.07. The van der Waals surface area contributed by atoms with Crippen molar-refractivity contribution in [2.24, 2.45) is 0 Å². The first-order chi connectivity index (χ1) is 14.2. The van der Waals surface area contributed by atoms with Gasteiger partial charge in [0.2, 0.25) is 5.52 Å². The van der Waals surface area contributed by atoms with Gasteiger partial charge in [0, 0.05) is 29.0 Å². The van der Waals surface area contributed by atoms with E-state index in [1.807, 2.05) is 29.2 Å². The predicted octanol–water partition coefficient (Wildman–Crippen LogP) is 6.92. The first kappa shape index (κ1) is 21.5. The third-order valence-corrected chi connectivity index (χ3v) is 7.73.